The van der Waals surface area contributed by atoms with Crippen molar-refractivity contribution in [2.24, 2.45) is 0 Å². The molecule has 0 aliphatic carbocycles. The Morgan fingerprint density at radius 3 is 2.70 bits per heavy atom. The molecule has 1 amide bonds. The summed E-state index contributed by atoms with van der Waals surface area (Å²) in [6, 6.07) is 9.34. The molecule has 0 atom stereocenters. The van der Waals surface area contributed by atoms with Gasteiger partial charge in [0.15, 0.2) is 0 Å². The molecule has 120 valence electrons. The largest absolute Gasteiger partial charge is 0.434 e. The second-order valence-corrected chi connectivity index (χ2v) is 4.58. The number of nitrogens with zero attached hydrogens (tertiary/aromatic N) is 2. The van der Waals surface area contributed by atoms with E-state index in [0.717, 1.165) is 5.56 Å². The Labute approximate surface area is 131 Å². The normalized spacial score (nSPS) is 10.1. The topological polar surface area (TPSA) is 115 Å². The molecule has 1 heterocycles. The first-order valence-electron chi connectivity index (χ1n) is 6.84. The van der Waals surface area contributed by atoms with Crippen LogP contribution in [0.3, 0.4) is 0 Å². The van der Waals surface area contributed by atoms with Gasteiger partial charge in [0.2, 0.25) is 5.91 Å². The summed E-state index contributed by atoms with van der Waals surface area (Å²) in [5.74, 6) is 0.0883. The average molecular weight is 317 g/mol. The minimum atomic E-state index is -0.567. The average Bonchev–Trinajstić information content (AvgIpc) is 2.55. The van der Waals surface area contributed by atoms with Crippen molar-refractivity contribution in [3.8, 4) is 11.6 Å². The van der Waals surface area contributed by atoms with Crippen LogP contribution in [0.15, 0.2) is 42.6 Å². The molecule has 0 unspecified atom stereocenters. The number of nitro groups is 1. The van der Waals surface area contributed by atoms with Crippen LogP contribution in [-0.4, -0.2) is 34.1 Å². The maximum absolute atomic E-state index is 11.5. The molecule has 0 radical (unpaired) electrons. The Bertz CT molecular complexity index is 688. The lowest BCUT2D eigenvalue weighted by atomic mass is 10.1. The number of hydrogen-bond donors (Lipinski definition) is 2. The van der Waals surface area contributed by atoms with Gasteiger partial charge in [-0.15, -0.1) is 0 Å². The number of aromatic nitrogens is 1. The number of carbonyl (C=O) groups excluding carboxylic acids is 1. The Hall–Kier alpha value is -3.00. The van der Waals surface area contributed by atoms with Crippen molar-refractivity contribution in [1.29, 1.82) is 0 Å². The zero-order valence-corrected chi connectivity index (χ0v) is 12.1. The predicted octanol–water partition coefficient (Wildman–Crippen LogP) is 1.43. The number of rotatable bonds is 7. The van der Waals surface area contributed by atoms with Gasteiger partial charge in [0.25, 0.3) is 5.88 Å². The van der Waals surface area contributed by atoms with E-state index in [9.17, 15) is 14.9 Å². The highest BCUT2D eigenvalue weighted by molar-refractivity contribution is 5.78. The summed E-state index contributed by atoms with van der Waals surface area (Å²) in [4.78, 5) is 25.7. The van der Waals surface area contributed by atoms with Gasteiger partial charge in [-0.2, -0.15) is 0 Å². The Morgan fingerprint density at radius 1 is 1.30 bits per heavy atom. The zero-order chi connectivity index (χ0) is 16.7. The zero-order valence-electron chi connectivity index (χ0n) is 12.1. The number of carbonyl (C=O) groups is 1. The van der Waals surface area contributed by atoms with Crippen molar-refractivity contribution in [3.05, 3.63) is 58.3 Å². The summed E-state index contributed by atoms with van der Waals surface area (Å²) in [5, 5.41) is 22.1. The van der Waals surface area contributed by atoms with Gasteiger partial charge in [0.1, 0.15) is 5.75 Å². The van der Waals surface area contributed by atoms with E-state index in [0.29, 0.717) is 5.75 Å². The first-order valence-corrected chi connectivity index (χ1v) is 6.84. The SMILES string of the molecule is O=C(Cc1ccc(Oc2ncccc2[N+](=O)[O-])cc1)NCCO. The van der Waals surface area contributed by atoms with Crippen molar-refractivity contribution in [1.82, 2.24) is 10.3 Å². The quantitative estimate of drug-likeness (QED) is 0.590. The van der Waals surface area contributed by atoms with Crippen LogP contribution >= 0.6 is 0 Å². The van der Waals surface area contributed by atoms with E-state index >= 15 is 0 Å². The Balaban J connectivity index is 2.03. The van der Waals surface area contributed by atoms with Crippen molar-refractivity contribution >= 4 is 11.6 Å². The van der Waals surface area contributed by atoms with Gasteiger partial charge in [-0.1, -0.05) is 12.1 Å². The van der Waals surface area contributed by atoms with E-state index in [1.165, 1.54) is 18.3 Å². The van der Waals surface area contributed by atoms with Crippen LogP contribution in [0.25, 0.3) is 0 Å². The molecule has 0 spiro atoms. The van der Waals surface area contributed by atoms with Crippen LogP contribution in [-0.2, 0) is 11.2 Å². The molecule has 2 rings (SSSR count). The van der Waals surface area contributed by atoms with E-state index in [-0.39, 0.29) is 37.0 Å². The number of aliphatic hydroxyl groups excluding tert-OH is 1. The molecule has 1 aromatic carbocycles. The van der Waals surface area contributed by atoms with E-state index in [1.54, 1.807) is 24.3 Å². The third-order valence-electron chi connectivity index (χ3n) is 2.88. The molecule has 0 aliphatic rings. The van der Waals surface area contributed by atoms with Crippen LogP contribution < -0.4 is 10.1 Å². The number of aliphatic hydroxyl groups is 1. The highest BCUT2D eigenvalue weighted by atomic mass is 16.6. The number of pyridine rings is 1. The van der Waals surface area contributed by atoms with Crippen LogP contribution in [0.4, 0.5) is 5.69 Å². The van der Waals surface area contributed by atoms with Gasteiger partial charge in [0.05, 0.1) is 18.0 Å². The van der Waals surface area contributed by atoms with Gasteiger partial charge in [0, 0.05) is 18.8 Å². The highest BCUT2D eigenvalue weighted by Gasteiger charge is 2.16. The fraction of sp³-hybridized carbons (Fsp3) is 0.200. The molecule has 0 saturated heterocycles. The first-order chi connectivity index (χ1) is 11.1. The molecule has 8 nitrogen and oxygen atoms in total. The van der Waals surface area contributed by atoms with Gasteiger partial charge >= 0.3 is 5.69 Å². The lowest BCUT2D eigenvalue weighted by molar-refractivity contribution is -0.386. The second-order valence-electron chi connectivity index (χ2n) is 4.58. The molecule has 1 aromatic heterocycles. The third kappa shape index (κ3) is 4.75. The molecular weight excluding hydrogens is 302 g/mol. The van der Waals surface area contributed by atoms with Crippen LogP contribution in [0.1, 0.15) is 5.56 Å². The summed E-state index contributed by atoms with van der Waals surface area (Å²) >= 11 is 0. The van der Waals surface area contributed by atoms with Crippen LogP contribution in [0.5, 0.6) is 11.6 Å². The molecule has 8 heteroatoms. The van der Waals surface area contributed by atoms with Crippen molar-refractivity contribution in [3.63, 3.8) is 0 Å². The van der Waals surface area contributed by atoms with Crippen LogP contribution in [0.2, 0.25) is 0 Å². The summed E-state index contributed by atoms with van der Waals surface area (Å²) in [7, 11) is 0. The number of hydrogen-bond acceptors (Lipinski definition) is 6. The van der Waals surface area contributed by atoms with Gasteiger partial charge in [-0.3, -0.25) is 14.9 Å². The standard InChI is InChI=1S/C15H15N3O5/c19-9-8-16-14(20)10-11-3-5-12(6-4-11)23-15-13(18(21)22)2-1-7-17-15/h1-7,19H,8-10H2,(H,16,20). The predicted molar refractivity (Wildman–Crippen MR) is 81.2 cm³/mol. The Kier molecular flexibility index (Phi) is 5.59. The summed E-state index contributed by atoms with van der Waals surface area (Å²) in [6.07, 6.45) is 1.58. The smallest absolute Gasteiger partial charge is 0.331 e. The molecule has 2 aromatic rings. The number of benzene rings is 1. The maximum Gasteiger partial charge on any atom is 0.331 e. The molecule has 0 aliphatic heterocycles. The summed E-state index contributed by atoms with van der Waals surface area (Å²) in [5.41, 5.74) is 0.531. The van der Waals surface area contributed by atoms with Crippen LogP contribution in [0, 0.1) is 10.1 Å². The second kappa shape index (κ2) is 7.85. The fourth-order valence-corrected chi connectivity index (χ4v) is 1.83. The summed E-state index contributed by atoms with van der Waals surface area (Å²) < 4.78 is 5.41. The molecule has 0 bridgehead atoms. The highest BCUT2D eigenvalue weighted by Crippen LogP contribution is 2.28. The first kappa shape index (κ1) is 16.4. The maximum atomic E-state index is 11.5. The monoisotopic (exact) mass is 317 g/mol. The van der Waals surface area contributed by atoms with E-state index in [2.05, 4.69) is 10.3 Å². The number of amides is 1. The molecule has 0 saturated carbocycles. The van der Waals surface area contributed by atoms with Gasteiger partial charge in [-0.25, -0.2) is 4.98 Å². The Morgan fingerprint density at radius 2 is 2.04 bits per heavy atom. The fourth-order valence-electron chi connectivity index (χ4n) is 1.83. The third-order valence-corrected chi connectivity index (χ3v) is 2.88. The van der Waals surface area contributed by atoms with Crippen molar-refractivity contribution in [2.45, 2.75) is 6.42 Å². The van der Waals surface area contributed by atoms with Crippen molar-refractivity contribution in [2.75, 3.05) is 13.2 Å². The summed E-state index contributed by atoms with van der Waals surface area (Å²) in [6.45, 7) is 0.102. The lowest BCUT2D eigenvalue weighted by Crippen LogP contribution is -2.27. The lowest BCUT2D eigenvalue weighted by Gasteiger charge is -2.06. The minimum absolute atomic E-state index is 0.0917. The van der Waals surface area contributed by atoms with Gasteiger partial charge in [-0.05, 0) is 23.8 Å². The molecule has 0 fully saturated rings. The number of ether oxygens (including phenoxy) is 1. The molecule has 2 N–H and O–H groups in total. The van der Waals surface area contributed by atoms with E-state index in [4.69, 9.17) is 9.84 Å². The number of nitrogens with one attached hydrogen (secondary N) is 1. The van der Waals surface area contributed by atoms with Gasteiger partial charge < -0.3 is 15.2 Å². The van der Waals surface area contributed by atoms with Crippen molar-refractivity contribution < 1.29 is 19.6 Å². The molecular formula is C15H15N3O5. The molecule has 23 heavy (non-hydrogen) atoms. The van der Waals surface area contributed by atoms with E-state index in [1.807, 2.05) is 0 Å². The van der Waals surface area contributed by atoms with E-state index < -0.39 is 4.92 Å². The minimum Gasteiger partial charge on any atom is -0.434 e.